The Balaban J connectivity index is 1.94. The van der Waals surface area contributed by atoms with Crippen LogP contribution in [0.25, 0.3) is 0 Å². The first-order valence-electron chi connectivity index (χ1n) is 6.83. The first-order valence-corrected chi connectivity index (χ1v) is 6.83. The van der Waals surface area contributed by atoms with Crippen LogP contribution in [0, 0.1) is 0 Å². The highest BCUT2D eigenvalue weighted by Gasteiger charge is 2.25. The van der Waals surface area contributed by atoms with Crippen molar-refractivity contribution in [3.8, 4) is 0 Å². The molecule has 0 radical (unpaired) electrons. The van der Waals surface area contributed by atoms with Crippen LogP contribution in [0.2, 0.25) is 0 Å². The maximum atomic E-state index is 11.1. The van der Waals surface area contributed by atoms with Gasteiger partial charge in [-0.05, 0) is 41.9 Å². The second-order valence-electron chi connectivity index (χ2n) is 5.37. The van der Waals surface area contributed by atoms with Gasteiger partial charge in [0.15, 0.2) is 0 Å². The minimum Gasteiger partial charge on any atom is -0.392 e. The smallest absolute Gasteiger partial charge is 0.392 e. The standard InChI is InChI=1S/C15H18N2O2/c1-9(10(2)14-16-17-15(18)19-14)12-7-3-5-11-6-4-8-13(11)12/h3,5,7,9-10H,4,6,8H2,1-2H3,(H,17,18)/t9-,10-/m0/s1. The van der Waals surface area contributed by atoms with E-state index < -0.39 is 5.76 Å². The number of fused-ring (bicyclic) bond motifs is 1. The number of nitrogens with one attached hydrogen (secondary N) is 1. The summed E-state index contributed by atoms with van der Waals surface area (Å²) in [6.07, 6.45) is 3.58. The lowest BCUT2D eigenvalue weighted by atomic mass is 9.85. The molecule has 0 saturated heterocycles. The first kappa shape index (κ1) is 12.2. The van der Waals surface area contributed by atoms with Gasteiger partial charge in [0.25, 0.3) is 0 Å². The van der Waals surface area contributed by atoms with Crippen molar-refractivity contribution >= 4 is 0 Å². The average molecular weight is 258 g/mol. The van der Waals surface area contributed by atoms with Crippen LogP contribution >= 0.6 is 0 Å². The summed E-state index contributed by atoms with van der Waals surface area (Å²) in [6, 6.07) is 6.54. The Bertz CT molecular complexity index is 642. The van der Waals surface area contributed by atoms with Crippen LogP contribution in [-0.2, 0) is 12.8 Å². The molecule has 0 spiro atoms. The van der Waals surface area contributed by atoms with Crippen LogP contribution in [0.1, 0.15) is 54.7 Å². The molecule has 0 unspecified atom stereocenters. The summed E-state index contributed by atoms with van der Waals surface area (Å²) < 4.78 is 5.09. The van der Waals surface area contributed by atoms with Crippen molar-refractivity contribution < 1.29 is 4.42 Å². The molecule has 4 heteroatoms. The fourth-order valence-corrected chi connectivity index (χ4v) is 3.00. The van der Waals surface area contributed by atoms with E-state index in [1.807, 2.05) is 0 Å². The second kappa shape index (κ2) is 4.68. The normalized spacial score (nSPS) is 17.2. The predicted molar refractivity (Wildman–Crippen MR) is 72.4 cm³/mol. The van der Waals surface area contributed by atoms with Crippen LogP contribution in [0.5, 0.6) is 0 Å². The van der Waals surface area contributed by atoms with Crippen LogP contribution in [0.15, 0.2) is 27.4 Å². The van der Waals surface area contributed by atoms with Gasteiger partial charge >= 0.3 is 5.76 Å². The zero-order valence-electron chi connectivity index (χ0n) is 11.3. The number of aryl methyl sites for hydroxylation is 1. The Morgan fingerprint density at radius 3 is 2.84 bits per heavy atom. The lowest BCUT2D eigenvalue weighted by Gasteiger charge is -2.20. The number of H-pyrrole nitrogens is 1. The van der Waals surface area contributed by atoms with Gasteiger partial charge < -0.3 is 4.42 Å². The molecule has 1 aromatic heterocycles. The van der Waals surface area contributed by atoms with Crippen molar-refractivity contribution in [1.82, 2.24) is 10.2 Å². The first-order chi connectivity index (χ1) is 9.16. The van der Waals surface area contributed by atoms with Crippen molar-refractivity contribution in [2.45, 2.75) is 44.9 Å². The summed E-state index contributed by atoms with van der Waals surface area (Å²) in [4.78, 5) is 11.1. The van der Waals surface area contributed by atoms with Gasteiger partial charge in [-0.15, -0.1) is 5.10 Å². The third-order valence-corrected chi connectivity index (χ3v) is 4.27. The van der Waals surface area contributed by atoms with Crippen molar-refractivity contribution in [3.63, 3.8) is 0 Å². The highest BCUT2D eigenvalue weighted by molar-refractivity contribution is 5.41. The van der Waals surface area contributed by atoms with E-state index in [4.69, 9.17) is 4.42 Å². The summed E-state index contributed by atoms with van der Waals surface area (Å²) in [5, 5.41) is 6.29. The molecule has 2 aromatic rings. The summed E-state index contributed by atoms with van der Waals surface area (Å²) >= 11 is 0. The highest BCUT2D eigenvalue weighted by Crippen LogP contribution is 2.36. The lowest BCUT2D eigenvalue weighted by molar-refractivity contribution is 0.410. The molecular formula is C15H18N2O2. The maximum absolute atomic E-state index is 11.1. The molecule has 1 heterocycles. The van der Waals surface area contributed by atoms with E-state index in [1.54, 1.807) is 0 Å². The molecule has 2 atom stereocenters. The molecule has 19 heavy (non-hydrogen) atoms. The van der Waals surface area contributed by atoms with E-state index in [-0.39, 0.29) is 5.92 Å². The number of benzene rings is 1. The highest BCUT2D eigenvalue weighted by atomic mass is 16.4. The topological polar surface area (TPSA) is 58.9 Å². The molecule has 4 nitrogen and oxygen atoms in total. The number of rotatable bonds is 3. The maximum Gasteiger partial charge on any atom is 0.434 e. The summed E-state index contributed by atoms with van der Waals surface area (Å²) in [7, 11) is 0. The average Bonchev–Trinajstić information content (AvgIpc) is 3.04. The third kappa shape index (κ3) is 2.11. The van der Waals surface area contributed by atoms with Crippen LogP contribution in [-0.4, -0.2) is 10.2 Å². The molecule has 0 saturated carbocycles. The zero-order chi connectivity index (χ0) is 13.4. The Kier molecular flexibility index (Phi) is 3.01. The number of nitrogens with zero attached hydrogens (tertiary/aromatic N) is 1. The van der Waals surface area contributed by atoms with Gasteiger partial charge in [-0.2, -0.15) is 0 Å². The van der Waals surface area contributed by atoms with E-state index >= 15 is 0 Å². The molecule has 1 aliphatic carbocycles. The van der Waals surface area contributed by atoms with Crippen LogP contribution in [0.3, 0.4) is 0 Å². The Morgan fingerprint density at radius 1 is 1.26 bits per heavy atom. The SMILES string of the molecule is C[C@H](c1n[nH]c(=O)o1)[C@H](C)c1cccc2c1CCC2. The van der Waals surface area contributed by atoms with E-state index in [0.717, 1.165) is 6.42 Å². The minimum atomic E-state index is -0.479. The number of aromatic amines is 1. The van der Waals surface area contributed by atoms with Crippen molar-refractivity contribution in [2.75, 3.05) is 0 Å². The molecule has 3 rings (SSSR count). The fraction of sp³-hybridized carbons (Fsp3) is 0.467. The molecule has 100 valence electrons. The van der Waals surface area contributed by atoms with Crippen LogP contribution in [0.4, 0.5) is 0 Å². The summed E-state index contributed by atoms with van der Waals surface area (Å²) in [5.74, 6) is 0.394. The number of aromatic nitrogens is 2. The molecule has 0 fully saturated rings. The van der Waals surface area contributed by atoms with E-state index in [1.165, 1.54) is 29.5 Å². The van der Waals surface area contributed by atoms with Crippen molar-refractivity contribution in [3.05, 3.63) is 51.3 Å². The number of hydrogen-bond donors (Lipinski definition) is 1. The van der Waals surface area contributed by atoms with Crippen molar-refractivity contribution in [2.24, 2.45) is 0 Å². The van der Waals surface area contributed by atoms with E-state index in [9.17, 15) is 4.79 Å². The van der Waals surface area contributed by atoms with Gasteiger partial charge in [0.2, 0.25) is 5.89 Å². The predicted octanol–water partition coefficient (Wildman–Crippen LogP) is 2.76. The van der Waals surface area contributed by atoms with E-state index in [0.29, 0.717) is 11.8 Å². The van der Waals surface area contributed by atoms with Gasteiger partial charge in [0, 0.05) is 5.92 Å². The Labute approximate surface area is 111 Å². The zero-order valence-corrected chi connectivity index (χ0v) is 11.3. The van der Waals surface area contributed by atoms with E-state index in [2.05, 4.69) is 42.2 Å². The summed E-state index contributed by atoms with van der Waals surface area (Å²) in [6.45, 7) is 4.23. The minimum absolute atomic E-state index is 0.0889. The van der Waals surface area contributed by atoms with Crippen molar-refractivity contribution in [1.29, 1.82) is 0 Å². The Morgan fingerprint density at radius 2 is 2.11 bits per heavy atom. The fourth-order valence-electron chi connectivity index (χ4n) is 3.00. The van der Waals surface area contributed by atoms with Gasteiger partial charge in [-0.3, -0.25) is 0 Å². The van der Waals surface area contributed by atoms with Gasteiger partial charge in [-0.1, -0.05) is 32.0 Å². The van der Waals surface area contributed by atoms with Gasteiger partial charge in [0.1, 0.15) is 0 Å². The molecule has 1 N–H and O–H groups in total. The summed E-state index contributed by atoms with van der Waals surface area (Å²) in [5.41, 5.74) is 4.33. The molecule has 0 bridgehead atoms. The molecule has 0 aliphatic heterocycles. The molecule has 0 amide bonds. The van der Waals surface area contributed by atoms with Gasteiger partial charge in [0.05, 0.1) is 0 Å². The largest absolute Gasteiger partial charge is 0.434 e. The van der Waals surface area contributed by atoms with Gasteiger partial charge in [-0.25, -0.2) is 9.89 Å². The number of hydrogen-bond acceptors (Lipinski definition) is 3. The molecular weight excluding hydrogens is 240 g/mol. The molecule has 1 aromatic carbocycles. The Hall–Kier alpha value is -1.84. The second-order valence-corrected chi connectivity index (χ2v) is 5.37. The molecule has 1 aliphatic rings. The quantitative estimate of drug-likeness (QED) is 0.920. The van der Waals surface area contributed by atoms with Crippen LogP contribution < -0.4 is 5.76 Å². The monoisotopic (exact) mass is 258 g/mol. The lowest BCUT2D eigenvalue weighted by Crippen LogP contribution is -2.08. The third-order valence-electron chi connectivity index (χ3n) is 4.27.